The number of nitrogens with zero attached hydrogens (tertiary/aromatic N) is 2. The Labute approximate surface area is 148 Å². The largest absolute Gasteiger partial charge is 0.389 e. The van der Waals surface area contributed by atoms with E-state index in [1.54, 1.807) is 6.20 Å². The number of hydrogen-bond donors (Lipinski definition) is 1. The summed E-state index contributed by atoms with van der Waals surface area (Å²) in [5.74, 6) is 0.887. The second kappa shape index (κ2) is 8.10. The first-order chi connectivity index (χ1) is 12.1. The normalized spacial score (nSPS) is 13.6. The molecule has 0 aliphatic heterocycles. The van der Waals surface area contributed by atoms with Crippen molar-refractivity contribution in [3.8, 4) is 0 Å². The molecule has 1 N–H and O–H groups in total. The zero-order valence-electron chi connectivity index (χ0n) is 14.7. The molecule has 4 heteroatoms. The molecule has 4 nitrogen and oxygen atoms in total. The lowest BCUT2D eigenvalue weighted by atomic mass is 9.97. The number of aryl methyl sites for hydroxylation is 2. The Morgan fingerprint density at radius 2 is 1.76 bits per heavy atom. The van der Waals surface area contributed by atoms with Crippen LogP contribution in [0.4, 0.5) is 0 Å². The monoisotopic (exact) mass is 336 g/mol. The van der Waals surface area contributed by atoms with Crippen LogP contribution in [0.3, 0.4) is 0 Å². The van der Waals surface area contributed by atoms with Crippen LogP contribution >= 0.6 is 0 Å². The van der Waals surface area contributed by atoms with E-state index >= 15 is 0 Å². The molecule has 1 aromatic heterocycles. The van der Waals surface area contributed by atoms with Crippen molar-refractivity contribution in [2.75, 3.05) is 6.61 Å². The van der Waals surface area contributed by atoms with E-state index in [4.69, 9.17) is 4.74 Å². The van der Waals surface area contributed by atoms with Gasteiger partial charge in [0.25, 0.3) is 0 Å². The van der Waals surface area contributed by atoms with E-state index < -0.39 is 6.10 Å². The van der Waals surface area contributed by atoms with E-state index in [-0.39, 0.29) is 12.7 Å². The highest BCUT2D eigenvalue weighted by atomic mass is 16.5. The van der Waals surface area contributed by atoms with Crippen LogP contribution in [-0.4, -0.2) is 27.4 Å². The minimum absolute atomic E-state index is 0.194. The SMILES string of the molecule is Cc1ccccc1[C@H](OC[C@H](O)Cn1ccnc1C)c1ccccc1. The lowest BCUT2D eigenvalue weighted by molar-refractivity contribution is -0.000980. The van der Waals surface area contributed by atoms with E-state index in [9.17, 15) is 5.11 Å². The zero-order valence-corrected chi connectivity index (χ0v) is 14.7. The molecule has 0 radical (unpaired) electrons. The quantitative estimate of drug-likeness (QED) is 0.716. The highest BCUT2D eigenvalue weighted by molar-refractivity contribution is 5.35. The van der Waals surface area contributed by atoms with Crippen molar-refractivity contribution < 1.29 is 9.84 Å². The number of aromatic nitrogens is 2. The van der Waals surface area contributed by atoms with E-state index in [2.05, 4.69) is 36.2 Å². The Morgan fingerprint density at radius 3 is 2.44 bits per heavy atom. The third-order valence-corrected chi connectivity index (χ3v) is 4.36. The standard InChI is InChI=1S/C21H24N2O2/c1-16-8-6-7-11-20(16)21(18-9-4-3-5-10-18)25-15-19(24)14-23-13-12-22-17(23)2/h3-13,19,21,24H,14-15H2,1-2H3/t19-,21-/m1/s1. The summed E-state index contributed by atoms with van der Waals surface area (Å²) in [4.78, 5) is 4.18. The molecule has 0 aliphatic carbocycles. The Kier molecular flexibility index (Phi) is 5.64. The fraction of sp³-hybridized carbons (Fsp3) is 0.286. The van der Waals surface area contributed by atoms with Gasteiger partial charge in [-0.15, -0.1) is 0 Å². The molecule has 0 amide bonds. The van der Waals surface area contributed by atoms with E-state index in [1.165, 1.54) is 5.56 Å². The van der Waals surface area contributed by atoms with Crippen LogP contribution in [0.15, 0.2) is 67.0 Å². The second-order valence-corrected chi connectivity index (χ2v) is 6.26. The van der Waals surface area contributed by atoms with Gasteiger partial charge in [-0.05, 0) is 30.5 Å². The molecule has 0 aliphatic rings. The lowest BCUT2D eigenvalue weighted by Gasteiger charge is -2.23. The summed E-state index contributed by atoms with van der Waals surface area (Å²) in [5, 5.41) is 10.4. The highest BCUT2D eigenvalue weighted by Crippen LogP contribution is 2.28. The van der Waals surface area contributed by atoms with Gasteiger partial charge in [0.15, 0.2) is 0 Å². The number of hydrogen-bond acceptors (Lipinski definition) is 3. The van der Waals surface area contributed by atoms with Gasteiger partial charge >= 0.3 is 0 Å². The first kappa shape index (κ1) is 17.4. The molecule has 25 heavy (non-hydrogen) atoms. The zero-order chi connectivity index (χ0) is 17.6. The van der Waals surface area contributed by atoms with Crippen LogP contribution in [0.25, 0.3) is 0 Å². The molecule has 0 fully saturated rings. The lowest BCUT2D eigenvalue weighted by Crippen LogP contribution is -2.24. The Bertz CT molecular complexity index is 798. The van der Waals surface area contributed by atoms with Gasteiger partial charge in [0, 0.05) is 12.4 Å². The van der Waals surface area contributed by atoms with E-state index in [1.807, 2.05) is 48.0 Å². The van der Waals surface area contributed by atoms with Gasteiger partial charge in [0.1, 0.15) is 11.9 Å². The van der Waals surface area contributed by atoms with Gasteiger partial charge in [-0.3, -0.25) is 0 Å². The molecular weight excluding hydrogens is 312 g/mol. The van der Waals surface area contributed by atoms with Crippen LogP contribution in [0.5, 0.6) is 0 Å². The number of imidazole rings is 1. The average molecular weight is 336 g/mol. The summed E-state index contributed by atoms with van der Waals surface area (Å²) in [6.07, 6.45) is 2.82. The number of benzene rings is 2. The summed E-state index contributed by atoms with van der Waals surface area (Å²) < 4.78 is 8.09. The summed E-state index contributed by atoms with van der Waals surface area (Å²) >= 11 is 0. The number of aliphatic hydroxyl groups is 1. The maximum atomic E-state index is 10.4. The first-order valence-corrected chi connectivity index (χ1v) is 8.53. The Hall–Kier alpha value is -2.43. The third-order valence-electron chi connectivity index (χ3n) is 4.36. The number of aliphatic hydroxyl groups excluding tert-OH is 1. The average Bonchev–Trinajstić information content (AvgIpc) is 3.02. The van der Waals surface area contributed by atoms with Crippen LogP contribution in [0.1, 0.15) is 28.6 Å². The van der Waals surface area contributed by atoms with Crippen molar-refractivity contribution in [1.82, 2.24) is 9.55 Å². The Balaban J connectivity index is 1.74. The van der Waals surface area contributed by atoms with Gasteiger partial charge in [-0.1, -0.05) is 54.6 Å². The molecule has 130 valence electrons. The topological polar surface area (TPSA) is 47.3 Å². The van der Waals surface area contributed by atoms with Gasteiger partial charge in [-0.25, -0.2) is 4.98 Å². The molecule has 3 aromatic rings. The van der Waals surface area contributed by atoms with Crippen molar-refractivity contribution in [2.45, 2.75) is 32.6 Å². The summed E-state index contributed by atoms with van der Waals surface area (Å²) in [7, 11) is 0. The molecule has 1 heterocycles. The molecule has 2 aromatic carbocycles. The molecule has 0 bridgehead atoms. The van der Waals surface area contributed by atoms with Crippen molar-refractivity contribution in [3.05, 3.63) is 89.5 Å². The molecule has 2 atom stereocenters. The van der Waals surface area contributed by atoms with E-state index in [0.29, 0.717) is 6.54 Å². The highest BCUT2D eigenvalue weighted by Gasteiger charge is 2.18. The fourth-order valence-corrected chi connectivity index (χ4v) is 2.96. The molecule has 3 rings (SSSR count). The minimum atomic E-state index is -0.594. The van der Waals surface area contributed by atoms with Crippen molar-refractivity contribution >= 4 is 0 Å². The molecule has 0 unspecified atom stereocenters. The van der Waals surface area contributed by atoms with Gasteiger partial charge < -0.3 is 14.4 Å². The van der Waals surface area contributed by atoms with Crippen LogP contribution in [-0.2, 0) is 11.3 Å². The van der Waals surface area contributed by atoms with Crippen LogP contribution in [0.2, 0.25) is 0 Å². The third kappa shape index (κ3) is 4.35. The summed E-state index contributed by atoms with van der Waals surface area (Å²) in [5.41, 5.74) is 3.39. The first-order valence-electron chi connectivity index (χ1n) is 8.53. The second-order valence-electron chi connectivity index (χ2n) is 6.26. The van der Waals surface area contributed by atoms with Crippen molar-refractivity contribution in [1.29, 1.82) is 0 Å². The van der Waals surface area contributed by atoms with Gasteiger partial charge in [0.05, 0.1) is 19.3 Å². The molecule has 0 saturated carbocycles. The molecule has 0 saturated heterocycles. The maximum absolute atomic E-state index is 10.4. The van der Waals surface area contributed by atoms with Crippen LogP contribution in [0, 0.1) is 13.8 Å². The smallest absolute Gasteiger partial charge is 0.108 e. The summed E-state index contributed by atoms with van der Waals surface area (Å²) in [6.45, 7) is 4.74. The molecule has 0 spiro atoms. The predicted molar refractivity (Wildman–Crippen MR) is 98.4 cm³/mol. The molecular formula is C21H24N2O2. The fourth-order valence-electron chi connectivity index (χ4n) is 2.96. The summed E-state index contributed by atoms with van der Waals surface area (Å²) in [6, 6.07) is 18.3. The van der Waals surface area contributed by atoms with Gasteiger partial charge in [-0.2, -0.15) is 0 Å². The Morgan fingerprint density at radius 1 is 1.04 bits per heavy atom. The van der Waals surface area contributed by atoms with Crippen molar-refractivity contribution in [2.24, 2.45) is 0 Å². The number of ether oxygens (including phenoxy) is 1. The van der Waals surface area contributed by atoms with Crippen molar-refractivity contribution in [3.63, 3.8) is 0 Å². The van der Waals surface area contributed by atoms with Crippen LogP contribution < -0.4 is 0 Å². The van der Waals surface area contributed by atoms with Gasteiger partial charge in [0.2, 0.25) is 0 Å². The predicted octanol–water partition coefficient (Wildman–Crippen LogP) is 3.67. The van der Waals surface area contributed by atoms with E-state index in [0.717, 1.165) is 17.0 Å². The number of rotatable bonds is 7. The minimum Gasteiger partial charge on any atom is -0.389 e. The maximum Gasteiger partial charge on any atom is 0.108 e.